The molecule has 2 aromatic rings. The molecule has 6 rings (SSSR count). The normalized spacial score (nSPS) is 31.7. The van der Waals surface area contributed by atoms with Crippen molar-refractivity contribution in [2.24, 2.45) is 16.8 Å². The molecule has 39 heavy (non-hydrogen) atoms. The number of rotatable bonds is 7. The van der Waals surface area contributed by atoms with Gasteiger partial charge in [-0.05, 0) is 75.3 Å². The van der Waals surface area contributed by atoms with Crippen LogP contribution in [0.1, 0.15) is 95.2 Å². The summed E-state index contributed by atoms with van der Waals surface area (Å²) < 4.78 is 1.85. The van der Waals surface area contributed by atoms with Crippen molar-refractivity contribution in [3.05, 3.63) is 40.3 Å². The zero-order valence-electron chi connectivity index (χ0n) is 22.9. The van der Waals surface area contributed by atoms with Crippen molar-refractivity contribution in [3.8, 4) is 0 Å². The largest absolute Gasteiger partial charge is 0.476 e. The van der Waals surface area contributed by atoms with E-state index < -0.39 is 5.97 Å². The fraction of sp³-hybridized carbons (Fsp3) is 0.677. The van der Waals surface area contributed by atoms with Gasteiger partial charge in [0.1, 0.15) is 0 Å². The van der Waals surface area contributed by atoms with Gasteiger partial charge >= 0.3 is 5.97 Å². The fourth-order valence-corrected chi connectivity index (χ4v) is 8.48. The molecule has 4 aliphatic rings. The number of nitrogens with zero attached hydrogens (tertiary/aromatic N) is 4. The second-order valence-corrected chi connectivity index (χ2v) is 12.4. The lowest BCUT2D eigenvalue weighted by atomic mass is 9.73. The number of benzene rings is 1. The predicted octanol–water partition coefficient (Wildman–Crippen LogP) is 4.57. The summed E-state index contributed by atoms with van der Waals surface area (Å²) in [5.41, 5.74) is 0.622. The number of para-hydroxylation sites is 2. The number of hydrogen-bond donors (Lipinski definition) is 2. The van der Waals surface area contributed by atoms with E-state index in [0.29, 0.717) is 30.1 Å². The Bertz CT molecular complexity index is 1260. The van der Waals surface area contributed by atoms with Crippen molar-refractivity contribution >= 4 is 22.7 Å². The Morgan fingerprint density at radius 1 is 0.897 bits per heavy atom. The summed E-state index contributed by atoms with van der Waals surface area (Å²) in [4.78, 5) is 37.8. The summed E-state index contributed by atoms with van der Waals surface area (Å²) in [6.45, 7) is 0.0492. The van der Waals surface area contributed by atoms with Crippen LogP contribution >= 0.6 is 0 Å². The van der Waals surface area contributed by atoms with E-state index in [2.05, 4.69) is 14.9 Å². The lowest BCUT2D eigenvalue weighted by Crippen LogP contribution is -2.58. The van der Waals surface area contributed by atoms with Crippen LogP contribution in [0.15, 0.2) is 34.1 Å². The number of carboxylic acid groups (broad SMARTS) is 1. The number of hydrogen-bond acceptors (Lipinski definition) is 6. The Morgan fingerprint density at radius 2 is 1.59 bits per heavy atom. The summed E-state index contributed by atoms with van der Waals surface area (Å²) in [6.07, 6.45) is 15.4. The Morgan fingerprint density at radius 3 is 2.26 bits per heavy atom. The third-order valence-electron chi connectivity index (χ3n) is 9.95. The zero-order chi connectivity index (χ0) is 26.9. The van der Waals surface area contributed by atoms with E-state index in [0.717, 1.165) is 30.2 Å². The molecule has 210 valence electrons. The maximum Gasteiger partial charge on any atom is 0.356 e. The van der Waals surface area contributed by atoms with Crippen LogP contribution in [0.4, 0.5) is 0 Å². The molecule has 0 amide bonds. The zero-order valence-corrected chi connectivity index (χ0v) is 22.9. The first-order valence-corrected chi connectivity index (χ1v) is 15.2. The van der Waals surface area contributed by atoms with E-state index in [1.807, 2.05) is 28.8 Å². The lowest BCUT2D eigenvalue weighted by molar-refractivity contribution is -0.129. The van der Waals surface area contributed by atoms with Crippen molar-refractivity contribution < 1.29 is 15.0 Å². The average molecular weight is 535 g/mol. The Balaban J connectivity index is 1.35. The van der Waals surface area contributed by atoms with E-state index in [4.69, 9.17) is 5.11 Å². The third-order valence-corrected chi connectivity index (χ3v) is 9.95. The Hall–Kier alpha value is -2.58. The van der Waals surface area contributed by atoms with Crippen LogP contribution in [-0.4, -0.2) is 67.6 Å². The monoisotopic (exact) mass is 534 g/mol. The molecule has 1 aromatic carbocycles. The molecule has 3 heterocycles. The highest BCUT2D eigenvalue weighted by atomic mass is 16.4. The van der Waals surface area contributed by atoms with Crippen LogP contribution in [0, 0.1) is 11.8 Å². The number of aliphatic hydroxyl groups is 1. The highest BCUT2D eigenvalue weighted by Crippen LogP contribution is 2.47. The summed E-state index contributed by atoms with van der Waals surface area (Å²) in [5.74, 6) is 0.497. The van der Waals surface area contributed by atoms with Crippen LogP contribution in [0.2, 0.25) is 0 Å². The van der Waals surface area contributed by atoms with Crippen molar-refractivity contribution in [3.63, 3.8) is 0 Å². The van der Waals surface area contributed by atoms with E-state index in [1.165, 1.54) is 64.2 Å². The molecule has 0 spiro atoms. The summed E-state index contributed by atoms with van der Waals surface area (Å²) in [6, 6.07) is 9.19. The first-order chi connectivity index (χ1) is 19.0. The van der Waals surface area contributed by atoms with Crippen molar-refractivity contribution in [1.29, 1.82) is 0 Å². The molecule has 4 bridgehead atoms. The van der Waals surface area contributed by atoms with Gasteiger partial charge in [0.05, 0.1) is 11.0 Å². The molecular weight excluding hydrogens is 492 g/mol. The molecule has 1 aromatic heterocycles. The molecule has 2 N–H and O–H groups in total. The van der Waals surface area contributed by atoms with Crippen molar-refractivity contribution in [1.82, 2.24) is 14.5 Å². The van der Waals surface area contributed by atoms with Crippen LogP contribution in [0.25, 0.3) is 11.0 Å². The predicted molar refractivity (Wildman–Crippen MR) is 151 cm³/mol. The Labute approximate surface area is 230 Å². The van der Waals surface area contributed by atoms with E-state index in [-0.39, 0.29) is 36.2 Å². The van der Waals surface area contributed by atoms with E-state index in [1.54, 1.807) is 0 Å². The van der Waals surface area contributed by atoms with Gasteiger partial charge in [0, 0.05) is 37.3 Å². The quantitative estimate of drug-likeness (QED) is 0.398. The molecule has 2 aliphatic heterocycles. The number of fused-ring (bicyclic) bond motifs is 5. The Kier molecular flexibility index (Phi) is 7.85. The molecule has 4 fully saturated rings. The second kappa shape index (κ2) is 11.5. The molecule has 0 radical (unpaired) electrons. The van der Waals surface area contributed by atoms with Gasteiger partial charge in [-0.1, -0.05) is 44.2 Å². The molecule has 8 heteroatoms. The van der Waals surface area contributed by atoms with Gasteiger partial charge in [0.15, 0.2) is 11.4 Å². The summed E-state index contributed by atoms with van der Waals surface area (Å²) in [7, 11) is 0. The minimum Gasteiger partial charge on any atom is -0.476 e. The standard InChI is InChI=1S/C31H42N4O4/c36-14-6-13-32-29(31(38)39)28-30(37)35(27-12-4-3-11-26(27)33-28)25-18-22-9-5-10-23(19-25)34(22)24-16-20-7-1-2-8-21(15-20)17-24/h3-4,11-12,20-25,36H,1-2,5-10,13-19H2,(H,38,39)/t20-,21+,22-,23+,24?,25?. The average Bonchev–Trinajstić information content (AvgIpc) is 3.09. The smallest absolute Gasteiger partial charge is 0.356 e. The van der Waals surface area contributed by atoms with Gasteiger partial charge in [-0.15, -0.1) is 0 Å². The molecule has 2 aliphatic carbocycles. The number of piperidine rings is 2. The maximum absolute atomic E-state index is 14.0. The lowest BCUT2D eigenvalue weighted by Gasteiger charge is -2.54. The minimum atomic E-state index is -1.26. The third kappa shape index (κ3) is 5.30. The number of aliphatic hydroxyl groups excluding tert-OH is 1. The first kappa shape index (κ1) is 26.6. The SMILES string of the molecule is O=C(O)C(=NCCCO)c1nc2ccccc2n(C2C[C@H]3CCC[C@@H](C2)N3C2C[C@H]3CCCC[C@@H](C2)C3)c1=O. The van der Waals surface area contributed by atoms with Crippen LogP contribution in [0.3, 0.4) is 0 Å². The van der Waals surface area contributed by atoms with Gasteiger partial charge < -0.3 is 14.8 Å². The summed E-state index contributed by atoms with van der Waals surface area (Å²) in [5, 5.41) is 19.1. The van der Waals surface area contributed by atoms with Crippen LogP contribution in [0.5, 0.6) is 0 Å². The molecule has 8 nitrogen and oxygen atoms in total. The van der Waals surface area contributed by atoms with Gasteiger partial charge in [0.25, 0.3) is 5.56 Å². The molecule has 2 unspecified atom stereocenters. The summed E-state index contributed by atoms with van der Waals surface area (Å²) >= 11 is 0. The number of carboxylic acids is 1. The molecular formula is C31H42N4O4. The van der Waals surface area contributed by atoms with Crippen molar-refractivity contribution in [2.45, 2.75) is 108 Å². The highest BCUT2D eigenvalue weighted by Gasteiger charge is 2.45. The molecule has 2 saturated carbocycles. The number of aromatic nitrogens is 2. The number of aliphatic carboxylic acids is 1. The highest BCUT2D eigenvalue weighted by molar-refractivity contribution is 6.42. The van der Waals surface area contributed by atoms with Crippen molar-refractivity contribution in [2.75, 3.05) is 13.2 Å². The van der Waals surface area contributed by atoms with Crippen LogP contribution in [-0.2, 0) is 4.79 Å². The number of carbonyl (C=O) groups is 1. The van der Waals surface area contributed by atoms with E-state index >= 15 is 0 Å². The van der Waals surface area contributed by atoms with Gasteiger partial charge in [-0.25, -0.2) is 9.78 Å². The maximum atomic E-state index is 14.0. The van der Waals surface area contributed by atoms with Gasteiger partial charge in [-0.3, -0.25) is 14.7 Å². The van der Waals surface area contributed by atoms with Crippen LogP contribution < -0.4 is 5.56 Å². The van der Waals surface area contributed by atoms with Gasteiger partial charge in [-0.2, -0.15) is 0 Å². The molecule has 2 saturated heterocycles. The second-order valence-electron chi connectivity index (χ2n) is 12.4. The number of aliphatic imine (C=N–C) groups is 1. The van der Waals surface area contributed by atoms with Gasteiger partial charge in [0.2, 0.25) is 0 Å². The molecule has 6 atom stereocenters. The topological polar surface area (TPSA) is 108 Å². The van der Waals surface area contributed by atoms with E-state index in [9.17, 15) is 14.7 Å². The minimum absolute atomic E-state index is 0.00838. The fourth-order valence-electron chi connectivity index (χ4n) is 8.48. The first-order valence-electron chi connectivity index (χ1n) is 15.2.